The zero-order valence-corrected chi connectivity index (χ0v) is 26.9. The maximum Gasteiger partial charge on any atom is 0.294 e. The van der Waals surface area contributed by atoms with E-state index in [1.165, 1.54) is 37.4 Å². The SMILES string of the molecule is C=CCN1CC2CN(c3ccc(-c4ccccc4)nn3)CC2C1.Cc1ccc(S(=O)(=O)O)cc1.Cc1ccc(S(=O)(=O)O)cc1. The first-order valence-electron chi connectivity index (χ1n) is 14.4. The number of likely N-dealkylation sites (tertiary alicyclic amines) is 1. The molecule has 2 unspecified atom stereocenters. The molecule has 2 atom stereocenters. The number of aryl methyl sites for hydroxylation is 2. The lowest BCUT2D eigenvalue weighted by molar-refractivity contribution is 0.351. The third-order valence-electron chi connectivity index (χ3n) is 7.63. The van der Waals surface area contributed by atoms with Crippen molar-refractivity contribution >= 4 is 26.1 Å². The molecule has 0 aliphatic carbocycles. The van der Waals surface area contributed by atoms with Crippen LogP contribution in [0, 0.1) is 25.7 Å². The Kier molecular flexibility index (Phi) is 11.2. The Labute approximate surface area is 265 Å². The number of hydrogen-bond acceptors (Lipinski definition) is 8. The third kappa shape index (κ3) is 9.77. The van der Waals surface area contributed by atoms with Crippen LogP contribution in [-0.2, 0) is 20.2 Å². The fraction of sp³-hybridized carbons (Fsp3) is 0.273. The molecule has 2 aliphatic rings. The number of benzene rings is 3. The van der Waals surface area contributed by atoms with Gasteiger partial charge in [0.1, 0.15) is 0 Å². The van der Waals surface area contributed by atoms with Gasteiger partial charge in [0.15, 0.2) is 5.82 Å². The summed E-state index contributed by atoms with van der Waals surface area (Å²) in [5.74, 6) is 2.52. The Morgan fingerprint density at radius 2 is 1.20 bits per heavy atom. The summed E-state index contributed by atoms with van der Waals surface area (Å²) < 4.78 is 59.1. The highest BCUT2D eigenvalue weighted by Gasteiger charge is 2.40. The van der Waals surface area contributed by atoms with Gasteiger partial charge in [-0.25, -0.2) is 0 Å². The summed E-state index contributed by atoms with van der Waals surface area (Å²) in [7, 11) is -8.04. The van der Waals surface area contributed by atoms with E-state index >= 15 is 0 Å². The van der Waals surface area contributed by atoms with Crippen LogP contribution in [0.1, 0.15) is 11.1 Å². The first-order valence-corrected chi connectivity index (χ1v) is 17.3. The predicted octanol–water partition coefficient (Wildman–Crippen LogP) is 5.18. The minimum Gasteiger partial charge on any atom is -0.354 e. The van der Waals surface area contributed by atoms with Crippen molar-refractivity contribution < 1.29 is 25.9 Å². The van der Waals surface area contributed by atoms with Crippen molar-refractivity contribution in [3.05, 3.63) is 115 Å². The van der Waals surface area contributed by atoms with Gasteiger partial charge < -0.3 is 4.90 Å². The molecule has 0 saturated carbocycles. The van der Waals surface area contributed by atoms with Crippen LogP contribution < -0.4 is 4.90 Å². The Bertz CT molecular complexity index is 1680. The van der Waals surface area contributed by atoms with Crippen molar-refractivity contribution in [3.63, 3.8) is 0 Å². The van der Waals surface area contributed by atoms with E-state index in [4.69, 9.17) is 9.11 Å². The van der Waals surface area contributed by atoms with Crippen LogP contribution in [0.4, 0.5) is 5.82 Å². The van der Waals surface area contributed by atoms with E-state index in [2.05, 4.69) is 50.8 Å². The summed E-state index contributed by atoms with van der Waals surface area (Å²) in [5.41, 5.74) is 3.96. The largest absolute Gasteiger partial charge is 0.354 e. The molecule has 3 aromatic carbocycles. The zero-order valence-electron chi connectivity index (χ0n) is 25.3. The Hall–Kier alpha value is -3.94. The van der Waals surface area contributed by atoms with E-state index in [0.29, 0.717) is 0 Å². The highest BCUT2D eigenvalue weighted by atomic mass is 32.2. The summed E-state index contributed by atoms with van der Waals surface area (Å²) in [5, 5.41) is 8.88. The lowest BCUT2D eigenvalue weighted by Gasteiger charge is -2.21. The van der Waals surface area contributed by atoms with Crippen LogP contribution in [0.25, 0.3) is 11.3 Å². The number of aromatic nitrogens is 2. The number of nitrogens with zero attached hydrogens (tertiary/aromatic N) is 4. The molecule has 2 N–H and O–H groups in total. The second-order valence-electron chi connectivity index (χ2n) is 11.2. The van der Waals surface area contributed by atoms with E-state index in [-0.39, 0.29) is 9.79 Å². The average molecular weight is 651 g/mol. The van der Waals surface area contributed by atoms with Crippen LogP contribution in [0.15, 0.2) is 113 Å². The van der Waals surface area contributed by atoms with Gasteiger partial charge in [0.05, 0.1) is 15.5 Å². The second kappa shape index (κ2) is 14.9. The van der Waals surface area contributed by atoms with Crippen LogP contribution in [0.3, 0.4) is 0 Å². The molecule has 3 heterocycles. The molecule has 2 fully saturated rings. The normalized spacial score (nSPS) is 17.8. The molecule has 12 heteroatoms. The molecule has 6 rings (SSSR count). The van der Waals surface area contributed by atoms with E-state index < -0.39 is 20.2 Å². The third-order valence-corrected chi connectivity index (χ3v) is 9.37. The number of hydrogen-bond donors (Lipinski definition) is 2. The monoisotopic (exact) mass is 650 g/mol. The molecule has 0 amide bonds. The van der Waals surface area contributed by atoms with Gasteiger partial charge in [0.25, 0.3) is 20.2 Å². The van der Waals surface area contributed by atoms with Crippen LogP contribution >= 0.6 is 0 Å². The lowest BCUT2D eigenvalue weighted by atomic mass is 10.0. The number of fused-ring (bicyclic) bond motifs is 1. The van der Waals surface area contributed by atoms with E-state index in [9.17, 15) is 16.8 Å². The van der Waals surface area contributed by atoms with Crippen molar-refractivity contribution in [2.24, 2.45) is 11.8 Å². The van der Waals surface area contributed by atoms with E-state index in [1.54, 1.807) is 24.3 Å². The molecule has 0 radical (unpaired) electrons. The Morgan fingerprint density at radius 1 is 0.711 bits per heavy atom. The molecule has 1 aromatic heterocycles. The van der Waals surface area contributed by atoms with Crippen molar-refractivity contribution in [3.8, 4) is 11.3 Å². The summed E-state index contributed by atoms with van der Waals surface area (Å²) in [4.78, 5) is 4.76. The number of rotatable bonds is 6. The van der Waals surface area contributed by atoms with Crippen molar-refractivity contribution in [2.45, 2.75) is 23.6 Å². The summed E-state index contributed by atoms with van der Waals surface area (Å²) >= 11 is 0. The number of anilines is 1. The Balaban J connectivity index is 0.000000176. The molecule has 2 saturated heterocycles. The second-order valence-corrected chi connectivity index (χ2v) is 14.0. The van der Waals surface area contributed by atoms with Gasteiger partial charge in [-0.05, 0) is 62.1 Å². The van der Waals surface area contributed by atoms with E-state index in [0.717, 1.165) is 59.7 Å². The van der Waals surface area contributed by atoms with E-state index in [1.807, 2.05) is 38.1 Å². The van der Waals surface area contributed by atoms with Crippen molar-refractivity contribution in [2.75, 3.05) is 37.6 Å². The predicted molar refractivity (Wildman–Crippen MR) is 175 cm³/mol. The molecule has 0 spiro atoms. The Morgan fingerprint density at radius 3 is 1.60 bits per heavy atom. The topological polar surface area (TPSA) is 141 Å². The first-order chi connectivity index (χ1) is 21.3. The van der Waals surface area contributed by atoms with Crippen LogP contribution in [-0.4, -0.2) is 73.8 Å². The smallest absolute Gasteiger partial charge is 0.294 e. The minimum absolute atomic E-state index is 0.0666. The quantitative estimate of drug-likeness (QED) is 0.212. The van der Waals surface area contributed by atoms with Crippen LogP contribution in [0.5, 0.6) is 0 Å². The zero-order chi connectivity index (χ0) is 32.6. The molecule has 0 bridgehead atoms. The van der Waals surface area contributed by atoms with Gasteiger partial charge >= 0.3 is 0 Å². The molecule has 45 heavy (non-hydrogen) atoms. The maximum atomic E-state index is 10.5. The summed E-state index contributed by atoms with van der Waals surface area (Å²) in [6, 6.07) is 26.4. The fourth-order valence-electron chi connectivity index (χ4n) is 5.29. The van der Waals surface area contributed by atoms with Crippen molar-refractivity contribution in [1.82, 2.24) is 15.1 Å². The molecule has 238 valence electrons. The maximum absolute atomic E-state index is 10.5. The molecular weight excluding hydrogens is 613 g/mol. The first kappa shape index (κ1) is 33.9. The van der Waals surface area contributed by atoms with Gasteiger partial charge in [0.2, 0.25) is 0 Å². The highest BCUT2D eigenvalue weighted by Crippen LogP contribution is 2.33. The summed E-state index contributed by atoms with van der Waals surface area (Å²) in [6.07, 6.45) is 2.01. The molecule has 4 aromatic rings. The average Bonchev–Trinajstić information content (AvgIpc) is 3.57. The molecule has 2 aliphatic heterocycles. The minimum atomic E-state index is -4.02. The molecule has 10 nitrogen and oxygen atoms in total. The van der Waals surface area contributed by atoms with Crippen LogP contribution in [0.2, 0.25) is 0 Å². The lowest BCUT2D eigenvalue weighted by Crippen LogP contribution is -2.29. The van der Waals surface area contributed by atoms with Gasteiger partial charge in [-0.15, -0.1) is 16.8 Å². The summed E-state index contributed by atoms with van der Waals surface area (Å²) in [6.45, 7) is 13.1. The van der Waals surface area contributed by atoms with Gasteiger partial charge in [-0.3, -0.25) is 14.0 Å². The van der Waals surface area contributed by atoms with Gasteiger partial charge in [-0.1, -0.05) is 71.8 Å². The highest BCUT2D eigenvalue weighted by molar-refractivity contribution is 7.86. The molecular formula is C33H38N4O6S2. The van der Waals surface area contributed by atoms with Gasteiger partial charge in [-0.2, -0.15) is 16.8 Å². The fourth-order valence-corrected chi connectivity index (χ4v) is 6.25. The van der Waals surface area contributed by atoms with Gasteiger partial charge in [0, 0.05) is 38.3 Å². The van der Waals surface area contributed by atoms with Crippen molar-refractivity contribution in [1.29, 1.82) is 0 Å². The standard InChI is InChI=1S/C19H22N4.2C7H8O3S/c1-2-10-22-11-16-13-23(14-17(16)12-22)19-9-8-18(20-21-19)15-6-4-3-5-7-15;2*1-6-2-4-7(5-3-6)11(8,9)10/h2-9,16-17H,1,10-14H2;2*2-5H,1H3,(H,8,9,10).